The van der Waals surface area contributed by atoms with Crippen molar-refractivity contribution in [3.05, 3.63) is 71.8 Å². The highest BCUT2D eigenvalue weighted by Gasteiger charge is 2.55. The summed E-state index contributed by atoms with van der Waals surface area (Å²) in [7, 11) is 0. The number of amides is 1. The zero-order chi connectivity index (χ0) is 15.9. The first-order valence-electron chi connectivity index (χ1n) is 8.06. The van der Waals surface area contributed by atoms with Crippen LogP contribution in [0.2, 0.25) is 0 Å². The van der Waals surface area contributed by atoms with Gasteiger partial charge in [-0.05, 0) is 23.0 Å². The van der Waals surface area contributed by atoms with Crippen molar-refractivity contribution in [2.24, 2.45) is 11.8 Å². The Morgan fingerprint density at radius 3 is 1.91 bits per heavy atom. The number of carbonyl (C=O) groups excluding carboxylic acids is 1. The number of rotatable bonds is 4. The Kier molecular flexibility index (Phi) is 3.43. The van der Waals surface area contributed by atoms with Crippen LogP contribution < -0.4 is 10.6 Å². The third-order valence-corrected chi connectivity index (χ3v) is 5.10. The average molecular weight is 308 g/mol. The fourth-order valence-electron chi connectivity index (χ4n) is 3.68. The minimum atomic E-state index is -1.66. The zero-order valence-electron chi connectivity index (χ0n) is 12.8. The predicted molar refractivity (Wildman–Crippen MR) is 87.7 cm³/mol. The molecule has 4 nitrogen and oxygen atoms in total. The van der Waals surface area contributed by atoms with Gasteiger partial charge in [-0.2, -0.15) is 0 Å². The van der Waals surface area contributed by atoms with E-state index in [1.807, 2.05) is 36.4 Å². The van der Waals surface area contributed by atoms with Crippen LogP contribution in [0.15, 0.2) is 60.7 Å². The van der Waals surface area contributed by atoms with Crippen LogP contribution in [0.3, 0.4) is 0 Å². The molecule has 2 fully saturated rings. The highest BCUT2D eigenvalue weighted by molar-refractivity contribution is 5.90. The number of nitrogens with one attached hydrogen (secondary N) is 2. The van der Waals surface area contributed by atoms with Gasteiger partial charge in [-0.15, -0.1) is 0 Å². The summed E-state index contributed by atoms with van der Waals surface area (Å²) in [4.78, 5) is 13.0. The molecule has 1 aliphatic heterocycles. The van der Waals surface area contributed by atoms with Crippen LogP contribution in [-0.4, -0.2) is 30.1 Å². The molecule has 23 heavy (non-hydrogen) atoms. The van der Waals surface area contributed by atoms with Gasteiger partial charge in [-0.3, -0.25) is 4.79 Å². The number of benzene rings is 2. The first-order chi connectivity index (χ1) is 11.2. The van der Waals surface area contributed by atoms with E-state index in [-0.39, 0.29) is 11.9 Å². The lowest BCUT2D eigenvalue weighted by molar-refractivity contribution is -0.137. The van der Waals surface area contributed by atoms with Crippen molar-refractivity contribution in [3.8, 4) is 0 Å². The molecule has 118 valence electrons. The maximum absolute atomic E-state index is 13.0. The highest BCUT2D eigenvalue weighted by Crippen LogP contribution is 2.42. The van der Waals surface area contributed by atoms with Gasteiger partial charge in [-0.25, -0.2) is 0 Å². The lowest BCUT2D eigenvalue weighted by Gasteiger charge is -2.28. The van der Waals surface area contributed by atoms with Gasteiger partial charge < -0.3 is 15.7 Å². The van der Waals surface area contributed by atoms with Crippen LogP contribution in [-0.2, 0) is 10.4 Å². The van der Waals surface area contributed by atoms with Gasteiger partial charge in [0.15, 0.2) is 5.60 Å². The molecule has 4 rings (SSSR count). The molecule has 2 aliphatic rings. The zero-order valence-corrected chi connectivity index (χ0v) is 12.8. The summed E-state index contributed by atoms with van der Waals surface area (Å²) in [6, 6.07) is 18.5. The Morgan fingerprint density at radius 2 is 1.43 bits per heavy atom. The van der Waals surface area contributed by atoms with Crippen molar-refractivity contribution in [2.75, 3.05) is 13.1 Å². The van der Waals surface area contributed by atoms with Crippen LogP contribution in [0.4, 0.5) is 0 Å². The summed E-state index contributed by atoms with van der Waals surface area (Å²) in [5.74, 6) is 0.679. The quantitative estimate of drug-likeness (QED) is 0.797. The van der Waals surface area contributed by atoms with Gasteiger partial charge in [0, 0.05) is 19.1 Å². The van der Waals surface area contributed by atoms with Crippen molar-refractivity contribution in [2.45, 2.75) is 11.6 Å². The second kappa shape index (κ2) is 5.48. The Balaban J connectivity index is 1.66. The van der Waals surface area contributed by atoms with E-state index in [1.54, 1.807) is 24.3 Å². The monoisotopic (exact) mass is 308 g/mol. The van der Waals surface area contributed by atoms with Gasteiger partial charge in [0.25, 0.3) is 5.91 Å². The second-order valence-electron chi connectivity index (χ2n) is 6.43. The summed E-state index contributed by atoms with van der Waals surface area (Å²) < 4.78 is 0. The summed E-state index contributed by atoms with van der Waals surface area (Å²) in [5.41, 5.74) is -0.479. The number of aliphatic hydroxyl groups is 1. The van der Waals surface area contributed by atoms with Crippen LogP contribution in [0.1, 0.15) is 11.1 Å². The summed E-state index contributed by atoms with van der Waals surface area (Å²) >= 11 is 0. The Bertz CT molecular complexity index is 652. The van der Waals surface area contributed by atoms with Gasteiger partial charge in [0.1, 0.15) is 0 Å². The van der Waals surface area contributed by atoms with E-state index in [0.29, 0.717) is 23.0 Å². The Hall–Kier alpha value is -2.17. The molecule has 1 saturated carbocycles. The van der Waals surface area contributed by atoms with Crippen molar-refractivity contribution >= 4 is 5.91 Å². The fraction of sp³-hybridized carbons (Fsp3) is 0.316. The number of piperidine rings is 1. The maximum atomic E-state index is 13.0. The summed E-state index contributed by atoms with van der Waals surface area (Å²) in [6.07, 6.45) is 0. The molecular formula is C19H20N2O2. The van der Waals surface area contributed by atoms with E-state index in [9.17, 15) is 9.90 Å². The van der Waals surface area contributed by atoms with E-state index >= 15 is 0 Å². The van der Waals surface area contributed by atoms with Crippen molar-refractivity contribution < 1.29 is 9.90 Å². The molecule has 0 bridgehead atoms. The standard InChI is InChI=1S/C19H20N2O2/c22-18(21-17-15-11-20-12-16(15)17)19(23,13-7-3-1-4-8-13)14-9-5-2-6-10-14/h1-10,15-17,20,23H,11-12H2,(H,21,22)/t15-,16+,17+. The van der Waals surface area contributed by atoms with E-state index in [2.05, 4.69) is 10.6 Å². The maximum Gasteiger partial charge on any atom is 0.261 e. The molecule has 2 aromatic carbocycles. The second-order valence-corrected chi connectivity index (χ2v) is 6.43. The largest absolute Gasteiger partial charge is 0.372 e. The molecule has 3 atom stereocenters. The predicted octanol–water partition coefficient (Wildman–Crippen LogP) is 1.26. The molecule has 4 heteroatoms. The summed E-state index contributed by atoms with van der Waals surface area (Å²) in [5, 5.41) is 17.7. The minimum Gasteiger partial charge on any atom is -0.372 e. The third-order valence-electron chi connectivity index (χ3n) is 5.10. The van der Waals surface area contributed by atoms with Crippen LogP contribution >= 0.6 is 0 Å². The molecule has 0 radical (unpaired) electrons. The Labute approximate surface area is 135 Å². The first kappa shape index (κ1) is 14.4. The number of carbonyl (C=O) groups is 1. The average Bonchev–Trinajstić information content (AvgIpc) is 3.04. The van der Waals surface area contributed by atoms with Crippen LogP contribution in [0, 0.1) is 11.8 Å². The summed E-state index contributed by atoms with van der Waals surface area (Å²) in [6.45, 7) is 1.90. The normalized spacial score (nSPS) is 25.7. The minimum absolute atomic E-state index is 0.183. The SMILES string of the molecule is O=C(N[C@H]1[C@@H]2CNC[C@@H]21)C(O)(c1ccccc1)c1ccccc1. The van der Waals surface area contributed by atoms with Crippen molar-refractivity contribution in [1.29, 1.82) is 0 Å². The number of hydrogen-bond acceptors (Lipinski definition) is 3. The van der Waals surface area contributed by atoms with Gasteiger partial charge >= 0.3 is 0 Å². The van der Waals surface area contributed by atoms with Gasteiger partial charge in [-0.1, -0.05) is 60.7 Å². The highest BCUT2D eigenvalue weighted by atomic mass is 16.3. The molecule has 2 aromatic rings. The molecular weight excluding hydrogens is 288 g/mol. The van der Waals surface area contributed by atoms with E-state index < -0.39 is 5.60 Å². The molecule has 0 unspecified atom stereocenters. The van der Waals surface area contributed by atoms with Gasteiger partial charge in [0.2, 0.25) is 0 Å². The van der Waals surface area contributed by atoms with E-state index in [4.69, 9.17) is 0 Å². The van der Waals surface area contributed by atoms with Crippen molar-refractivity contribution in [3.63, 3.8) is 0 Å². The molecule has 1 saturated heterocycles. The number of hydrogen-bond donors (Lipinski definition) is 3. The molecule has 1 amide bonds. The van der Waals surface area contributed by atoms with Crippen LogP contribution in [0.5, 0.6) is 0 Å². The molecule has 0 spiro atoms. The van der Waals surface area contributed by atoms with Crippen LogP contribution in [0.25, 0.3) is 0 Å². The molecule has 1 heterocycles. The van der Waals surface area contributed by atoms with Gasteiger partial charge in [0.05, 0.1) is 0 Å². The van der Waals surface area contributed by atoms with E-state index in [1.165, 1.54) is 0 Å². The topological polar surface area (TPSA) is 61.4 Å². The molecule has 3 N–H and O–H groups in total. The fourth-order valence-corrected chi connectivity index (χ4v) is 3.68. The number of fused-ring (bicyclic) bond motifs is 1. The lowest BCUT2D eigenvalue weighted by atomic mass is 9.85. The molecule has 0 aromatic heterocycles. The van der Waals surface area contributed by atoms with E-state index in [0.717, 1.165) is 13.1 Å². The lowest BCUT2D eigenvalue weighted by Crippen LogP contribution is -2.47. The molecule has 1 aliphatic carbocycles. The smallest absolute Gasteiger partial charge is 0.261 e. The van der Waals surface area contributed by atoms with Crippen molar-refractivity contribution in [1.82, 2.24) is 10.6 Å². The Morgan fingerprint density at radius 1 is 0.957 bits per heavy atom. The third kappa shape index (κ3) is 2.35. The first-order valence-corrected chi connectivity index (χ1v) is 8.06.